The molecule has 0 aromatic heterocycles. The van der Waals surface area contributed by atoms with E-state index in [9.17, 15) is 5.11 Å². The Bertz CT molecular complexity index is 347. The van der Waals surface area contributed by atoms with Crippen LogP contribution in [0.4, 0.5) is 0 Å². The first-order valence-corrected chi connectivity index (χ1v) is 8.58. The van der Waals surface area contributed by atoms with Crippen molar-refractivity contribution < 1.29 is 5.11 Å². The second-order valence-corrected chi connectivity index (χ2v) is 7.09. The van der Waals surface area contributed by atoms with Gasteiger partial charge in [-0.3, -0.25) is 5.32 Å². The van der Waals surface area contributed by atoms with E-state index in [1.165, 1.54) is 44.9 Å². The third-order valence-corrected chi connectivity index (χ3v) is 5.56. The number of aliphatic hydroxyl groups excluding tert-OH is 1. The molecule has 2 aliphatic carbocycles. The molecule has 0 bridgehead atoms. The predicted molar refractivity (Wildman–Crippen MR) is 79.6 cm³/mol. The Morgan fingerprint density at radius 3 is 2.60 bits per heavy atom. The standard InChI is InChI=1S/C16H29N3O/c1-11-5-4-8-15(17-11)18-19-16-13-7-3-2-6-12(13)9-10-14(16)20/h11-17,20H,2-10H2,1H3. The molecule has 0 amide bonds. The van der Waals surface area contributed by atoms with Gasteiger partial charge in [0.05, 0.1) is 12.1 Å². The second-order valence-electron chi connectivity index (χ2n) is 7.09. The molecule has 3 fully saturated rings. The van der Waals surface area contributed by atoms with Crippen LogP contribution in [0.1, 0.15) is 64.7 Å². The van der Waals surface area contributed by atoms with Gasteiger partial charge in [0, 0.05) is 6.04 Å². The van der Waals surface area contributed by atoms with Crippen LogP contribution in [0.25, 0.3) is 0 Å². The zero-order chi connectivity index (χ0) is 13.9. The summed E-state index contributed by atoms with van der Waals surface area (Å²) in [5.74, 6) is 1.37. The van der Waals surface area contributed by atoms with E-state index in [2.05, 4.69) is 22.5 Å². The van der Waals surface area contributed by atoms with Gasteiger partial charge >= 0.3 is 0 Å². The van der Waals surface area contributed by atoms with E-state index in [4.69, 9.17) is 0 Å². The monoisotopic (exact) mass is 279 g/mol. The molecule has 0 spiro atoms. The Kier molecular flexibility index (Phi) is 4.72. The maximum Gasteiger partial charge on any atom is 0.121 e. The van der Waals surface area contributed by atoms with Crippen molar-refractivity contribution in [2.24, 2.45) is 22.1 Å². The molecule has 4 heteroatoms. The lowest BCUT2D eigenvalue weighted by molar-refractivity contribution is 0.0234. The summed E-state index contributed by atoms with van der Waals surface area (Å²) in [6.07, 6.45) is 10.8. The van der Waals surface area contributed by atoms with E-state index >= 15 is 0 Å². The van der Waals surface area contributed by atoms with Crippen molar-refractivity contribution in [2.45, 2.75) is 89.1 Å². The minimum Gasteiger partial charge on any atom is -0.391 e. The summed E-state index contributed by atoms with van der Waals surface area (Å²) in [6, 6.07) is 0.611. The summed E-state index contributed by atoms with van der Waals surface area (Å²) in [7, 11) is 0. The van der Waals surface area contributed by atoms with Crippen LogP contribution in [0.15, 0.2) is 10.2 Å². The van der Waals surface area contributed by atoms with E-state index in [-0.39, 0.29) is 18.3 Å². The van der Waals surface area contributed by atoms with E-state index in [1.807, 2.05) is 0 Å². The van der Waals surface area contributed by atoms with Crippen LogP contribution in [0, 0.1) is 11.8 Å². The van der Waals surface area contributed by atoms with E-state index < -0.39 is 0 Å². The van der Waals surface area contributed by atoms with Gasteiger partial charge in [0.2, 0.25) is 0 Å². The zero-order valence-electron chi connectivity index (χ0n) is 12.7. The fraction of sp³-hybridized carbons (Fsp3) is 1.00. The van der Waals surface area contributed by atoms with Crippen LogP contribution in [0.5, 0.6) is 0 Å². The molecule has 0 radical (unpaired) electrons. The van der Waals surface area contributed by atoms with E-state index in [0.717, 1.165) is 18.8 Å². The van der Waals surface area contributed by atoms with Crippen molar-refractivity contribution in [3.8, 4) is 0 Å². The van der Waals surface area contributed by atoms with Gasteiger partial charge in [0.15, 0.2) is 0 Å². The van der Waals surface area contributed by atoms with Crippen LogP contribution < -0.4 is 5.32 Å². The highest BCUT2D eigenvalue weighted by Gasteiger charge is 2.40. The SMILES string of the molecule is CC1CCCC(N=NC2C(O)CCC3CCCCC32)N1. The van der Waals surface area contributed by atoms with Crippen molar-refractivity contribution in [3.63, 3.8) is 0 Å². The number of aliphatic hydroxyl groups is 1. The maximum absolute atomic E-state index is 10.3. The lowest BCUT2D eigenvalue weighted by Gasteiger charge is -2.41. The van der Waals surface area contributed by atoms with Gasteiger partial charge in [-0.05, 0) is 57.3 Å². The van der Waals surface area contributed by atoms with Crippen molar-refractivity contribution in [2.75, 3.05) is 0 Å². The molecule has 2 saturated carbocycles. The van der Waals surface area contributed by atoms with Crippen molar-refractivity contribution in [1.82, 2.24) is 5.32 Å². The van der Waals surface area contributed by atoms with Crippen LogP contribution in [-0.2, 0) is 0 Å². The summed E-state index contributed by atoms with van der Waals surface area (Å²) in [6.45, 7) is 2.22. The number of nitrogens with one attached hydrogen (secondary N) is 1. The molecule has 1 aliphatic heterocycles. The minimum absolute atomic E-state index is 0.0630. The topological polar surface area (TPSA) is 57.0 Å². The molecule has 1 heterocycles. The molecule has 114 valence electrons. The van der Waals surface area contributed by atoms with Crippen molar-refractivity contribution >= 4 is 0 Å². The van der Waals surface area contributed by atoms with Crippen LogP contribution in [0.3, 0.4) is 0 Å². The Balaban J connectivity index is 1.64. The molecule has 3 aliphatic rings. The number of hydrogen-bond donors (Lipinski definition) is 2. The normalized spacial score (nSPS) is 46.3. The summed E-state index contributed by atoms with van der Waals surface area (Å²) in [4.78, 5) is 0. The van der Waals surface area contributed by atoms with Gasteiger partial charge in [-0.2, -0.15) is 10.2 Å². The average molecular weight is 279 g/mol. The second kappa shape index (κ2) is 6.52. The van der Waals surface area contributed by atoms with Gasteiger partial charge in [-0.25, -0.2) is 0 Å². The molecule has 6 unspecified atom stereocenters. The molecule has 2 N–H and O–H groups in total. The lowest BCUT2D eigenvalue weighted by atomic mass is 9.67. The number of piperidine rings is 1. The fourth-order valence-electron chi connectivity index (χ4n) is 4.41. The van der Waals surface area contributed by atoms with E-state index in [0.29, 0.717) is 12.0 Å². The Morgan fingerprint density at radius 1 is 0.900 bits per heavy atom. The quantitative estimate of drug-likeness (QED) is 0.762. The molecule has 20 heavy (non-hydrogen) atoms. The summed E-state index contributed by atoms with van der Waals surface area (Å²) in [5, 5.41) is 23.0. The summed E-state index contributed by atoms with van der Waals surface area (Å²) >= 11 is 0. The number of rotatable bonds is 2. The lowest BCUT2D eigenvalue weighted by Crippen LogP contribution is -2.43. The van der Waals surface area contributed by atoms with E-state index in [1.54, 1.807) is 0 Å². The number of nitrogens with zero attached hydrogens (tertiary/aromatic N) is 2. The van der Waals surface area contributed by atoms with Crippen molar-refractivity contribution in [1.29, 1.82) is 0 Å². The minimum atomic E-state index is -0.265. The average Bonchev–Trinajstić information content (AvgIpc) is 2.46. The Morgan fingerprint density at radius 2 is 1.75 bits per heavy atom. The highest BCUT2D eigenvalue weighted by Crippen LogP contribution is 2.42. The third kappa shape index (κ3) is 3.22. The molecule has 0 aromatic carbocycles. The summed E-state index contributed by atoms with van der Waals surface area (Å²) in [5.41, 5.74) is 0. The number of hydrogen-bond acceptors (Lipinski definition) is 4. The maximum atomic E-state index is 10.3. The first kappa shape index (κ1) is 14.5. The Hall–Kier alpha value is -0.480. The largest absolute Gasteiger partial charge is 0.391 e. The first-order valence-electron chi connectivity index (χ1n) is 8.58. The highest BCUT2D eigenvalue weighted by atomic mass is 16.3. The van der Waals surface area contributed by atoms with Gasteiger partial charge in [0.1, 0.15) is 6.17 Å². The summed E-state index contributed by atoms with van der Waals surface area (Å²) < 4.78 is 0. The van der Waals surface area contributed by atoms with Crippen LogP contribution >= 0.6 is 0 Å². The molecular weight excluding hydrogens is 250 g/mol. The van der Waals surface area contributed by atoms with Crippen molar-refractivity contribution in [3.05, 3.63) is 0 Å². The molecule has 6 atom stereocenters. The molecule has 3 rings (SSSR count). The van der Waals surface area contributed by atoms with Gasteiger partial charge < -0.3 is 5.11 Å². The fourth-order valence-corrected chi connectivity index (χ4v) is 4.41. The van der Waals surface area contributed by atoms with Gasteiger partial charge in [0.25, 0.3) is 0 Å². The number of azo groups is 1. The predicted octanol–water partition coefficient (Wildman–Crippen LogP) is 3.26. The molecule has 4 nitrogen and oxygen atoms in total. The highest BCUT2D eigenvalue weighted by molar-refractivity contribution is 4.93. The molecular formula is C16H29N3O. The van der Waals surface area contributed by atoms with Crippen LogP contribution in [0.2, 0.25) is 0 Å². The molecule has 1 saturated heterocycles. The zero-order valence-corrected chi connectivity index (χ0v) is 12.7. The Labute approximate surface area is 122 Å². The van der Waals surface area contributed by atoms with Gasteiger partial charge in [-0.1, -0.05) is 19.3 Å². The number of fused-ring (bicyclic) bond motifs is 1. The molecule has 0 aromatic rings. The van der Waals surface area contributed by atoms with Gasteiger partial charge in [-0.15, -0.1) is 0 Å². The third-order valence-electron chi connectivity index (χ3n) is 5.56. The smallest absolute Gasteiger partial charge is 0.121 e. The first-order chi connectivity index (χ1) is 9.74. The van der Waals surface area contributed by atoms with Crippen LogP contribution in [-0.4, -0.2) is 29.5 Å².